The number of carboxylic acids is 1. The van der Waals surface area contributed by atoms with Crippen LogP contribution in [0.1, 0.15) is 62.6 Å². The topological polar surface area (TPSA) is 77.8 Å². The highest BCUT2D eigenvalue weighted by molar-refractivity contribution is 6.30. The van der Waals surface area contributed by atoms with Crippen molar-refractivity contribution >= 4 is 35.1 Å². The maximum atomic E-state index is 14.1. The Hall–Kier alpha value is -2.08. The van der Waals surface area contributed by atoms with E-state index in [1.807, 2.05) is 30.3 Å². The molecule has 0 spiro atoms. The van der Waals surface area contributed by atoms with Crippen LogP contribution < -0.4 is 0 Å². The Labute approximate surface area is 204 Å². The van der Waals surface area contributed by atoms with E-state index in [0.717, 1.165) is 24.0 Å². The van der Waals surface area contributed by atoms with Crippen LogP contribution in [-0.2, 0) is 9.59 Å². The molecule has 2 aliphatic rings. The van der Waals surface area contributed by atoms with E-state index in [0.29, 0.717) is 16.5 Å². The average molecular weight is 490 g/mol. The van der Waals surface area contributed by atoms with Crippen molar-refractivity contribution < 1.29 is 19.8 Å². The molecular formula is C26H29Cl2NO4. The molecule has 0 radical (unpaired) electrons. The van der Waals surface area contributed by atoms with E-state index in [2.05, 4.69) is 0 Å². The minimum atomic E-state index is -1.11. The van der Waals surface area contributed by atoms with Gasteiger partial charge in [0.15, 0.2) is 0 Å². The first-order valence-electron chi connectivity index (χ1n) is 11.3. The van der Waals surface area contributed by atoms with Crippen LogP contribution in [0.25, 0.3) is 0 Å². The Balaban J connectivity index is 1.92. The lowest BCUT2D eigenvalue weighted by molar-refractivity contribution is -0.164. The molecule has 0 unspecified atom stereocenters. The number of nitrogens with zero attached hydrogens (tertiary/aromatic N) is 1. The molecule has 2 aromatic rings. The van der Waals surface area contributed by atoms with E-state index in [-0.39, 0.29) is 30.2 Å². The summed E-state index contributed by atoms with van der Waals surface area (Å²) in [5.41, 5.74) is 0.738. The molecule has 0 bridgehead atoms. The molecular weight excluding hydrogens is 461 g/mol. The van der Waals surface area contributed by atoms with Crippen molar-refractivity contribution in [3.63, 3.8) is 0 Å². The number of hydrogen-bond acceptors (Lipinski definition) is 3. The third-order valence-electron chi connectivity index (χ3n) is 7.05. The second-order valence-corrected chi connectivity index (χ2v) is 10.6. The predicted octanol–water partition coefficient (Wildman–Crippen LogP) is 5.69. The fraction of sp³-hybridized carbons (Fsp3) is 0.462. The maximum absolute atomic E-state index is 14.1. The van der Waals surface area contributed by atoms with Gasteiger partial charge in [0.05, 0.1) is 30.0 Å². The van der Waals surface area contributed by atoms with Crippen LogP contribution in [-0.4, -0.2) is 39.1 Å². The number of piperidine rings is 1. The van der Waals surface area contributed by atoms with Crippen molar-refractivity contribution in [2.24, 2.45) is 11.3 Å². The number of carboxylic acid groups (broad SMARTS) is 1. The molecule has 1 heterocycles. The van der Waals surface area contributed by atoms with Crippen molar-refractivity contribution in [3.05, 3.63) is 69.7 Å². The largest absolute Gasteiger partial charge is 0.481 e. The highest BCUT2D eigenvalue weighted by atomic mass is 35.5. The van der Waals surface area contributed by atoms with E-state index >= 15 is 0 Å². The number of carbonyl (C=O) groups is 2. The lowest BCUT2D eigenvalue weighted by Gasteiger charge is -2.52. The van der Waals surface area contributed by atoms with E-state index in [1.54, 1.807) is 36.9 Å². The van der Waals surface area contributed by atoms with Crippen LogP contribution in [0, 0.1) is 11.3 Å². The average Bonchev–Trinajstić information content (AvgIpc) is 3.56. The number of aliphatic hydroxyl groups excluding tert-OH is 1. The number of amides is 1. The Morgan fingerprint density at radius 3 is 2.33 bits per heavy atom. The molecule has 5 atom stereocenters. The Morgan fingerprint density at radius 1 is 1.12 bits per heavy atom. The monoisotopic (exact) mass is 489 g/mol. The Kier molecular flexibility index (Phi) is 6.77. The second-order valence-electron chi connectivity index (χ2n) is 9.77. The third kappa shape index (κ3) is 4.91. The molecule has 5 nitrogen and oxygen atoms in total. The van der Waals surface area contributed by atoms with Gasteiger partial charge in [-0.1, -0.05) is 54.4 Å². The highest BCUT2D eigenvalue weighted by Crippen LogP contribution is 2.54. The number of aliphatic hydroxyl groups is 1. The lowest BCUT2D eigenvalue weighted by Crippen LogP contribution is -2.59. The first kappa shape index (κ1) is 24.1. The minimum Gasteiger partial charge on any atom is -0.481 e. The smallest absolute Gasteiger partial charge is 0.304 e. The van der Waals surface area contributed by atoms with Gasteiger partial charge in [0.2, 0.25) is 5.91 Å². The predicted molar refractivity (Wildman–Crippen MR) is 128 cm³/mol. The molecule has 7 heteroatoms. The number of hydrogen-bond donors (Lipinski definition) is 2. The summed E-state index contributed by atoms with van der Waals surface area (Å²) in [7, 11) is 0. The van der Waals surface area contributed by atoms with Crippen LogP contribution in [0.4, 0.5) is 0 Å². The summed E-state index contributed by atoms with van der Waals surface area (Å²) in [6.07, 6.45) is 1.21. The maximum Gasteiger partial charge on any atom is 0.304 e. The summed E-state index contributed by atoms with van der Waals surface area (Å²) in [6.45, 7) is 3.45. The SMILES string of the molecule is C[C@H](O)[C@@H](C1CC1)N1C(=O)[C@](C)(CC(=O)O)C[C@@H](c2cccc(Cl)c2)[C@@H]1c1ccc(Cl)cc1. The summed E-state index contributed by atoms with van der Waals surface area (Å²) in [6, 6.07) is 14.2. The summed E-state index contributed by atoms with van der Waals surface area (Å²) in [4.78, 5) is 27.7. The molecule has 2 N–H and O–H groups in total. The fourth-order valence-electron chi connectivity index (χ4n) is 5.50. The lowest BCUT2D eigenvalue weighted by atomic mass is 9.66. The molecule has 2 aromatic carbocycles. The molecule has 1 aliphatic carbocycles. The fourth-order valence-corrected chi connectivity index (χ4v) is 5.82. The molecule has 1 saturated carbocycles. The Morgan fingerprint density at radius 2 is 1.79 bits per heavy atom. The molecule has 2 fully saturated rings. The van der Waals surface area contributed by atoms with Gasteiger partial charge < -0.3 is 15.1 Å². The number of halogens is 2. The summed E-state index contributed by atoms with van der Waals surface area (Å²) >= 11 is 12.5. The molecule has 1 saturated heterocycles. The van der Waals surface area contributed by atoms with Crippen LogP contribution >= 0.6 is 23.2 Å². The summed E-state index contributed by atoms with van der Waals surface area (Å²) in [5.74, 6) is -1.25. The van der Waals surface area contributed by atoms with E-state index in [4.69, 9.17) is 23.2 Å². The highest BCUT2D eigenvalue weighted by Gasteiger charge is 2.55. The molecule has 1 amide bonds. The van der Waals surface area contributed by atoms with Crippen LogP contribution in [0.15, 0.2) is 48.5 Å². The van der Waals surface area contributed by atoms with Gasteiger partial charge in [-0.15, -0.1) is 0 Å². The molecule has 33 heavy (non-hydrogen) atoms. The van der Waals surface area contributed by atoms with Crippen LogP contribution in [0.2, 0.25) is 10.0 Å². The van der Waals surface area contributed by atoms with Crippen molar-refractivity contribution in [2.75, 3.05) is 0 Å². The normalized spacial score (nSPS) is 27.3. The van der Waals surface area contributed by atoms with E-state index in [1.165, 1.54) is 0 Å². The summed E-state index contributed by atoms with van der Waals surface area (Å²) < 4.78 is 0. The van der Waals surface area contributed by atoms with Crippen LogP contribution in [0.5, 0.6) is 0 Å². The van der Waals surface area contributed by atoms with Gasteiger partial charge in [0.1, 0.15) is 0 Å². The zero-order valence-electron chi connectivity index (χ0n) is 18.7. The molecule has 176 valence electrons. The number of likely N-dealkylation sites (tertiary alicyclic amines) is 1. The quantitative estimate of drug-likeness (QED) is 0.523. The first-order valence-corrected chi connectivity index (χ1v) is 12.1. The molecule has 0 aromatic heterocycles. The van der Waals surface area contributed by atoms with Gasteiger partial charge in [-0.3, -0.25) is 9.59 Å². The molecule has 4 rings (SSSR count). The minimum absolute atomic E-state index is 0.191. The van der Waals surface area contributed by atoms with Crippen molar-refractivity contribution in [1.29, 1.82) is 0 Å². The zero-order chi connectivity index (χ0) is 23.9. The van der Waals surface area contributed by atoms with E-state index < -0.39 is 23.5 Å². The van der Waals surface area contributed by atoms with Crippen molar-refractivity contribution in [2.45, 2.75) is 63.6 Å². The van der Waals surface area contributed by atoms with Gasteiger partial charge in [0.25, 0.3) is 0 Å². The number of benzene rings is 2. The van der Waals surface area contributed by atoms with Crippen LogP contribution in [0.3, 0.4) is 0 Å². The first-order chi connectivity index (χ1) is 15.6. The zero-order valence-corrected chi connectivity index (χ0v) is 20.3. The molecule has 1 aliphatic heterocycles. The van der Waals surface area contributed by atoms with Crippen molar-refractivity contribution in [3.8, 4) is 0 Å². The third-order valence-corrected chi connectivity index (χ3v) is 7.54. The van der Waals surface area contributed by atoms with Gasteiger partial charge >= 0.3 is 5.97 Å². The van der Waals surface area contributed by atoms with Gasteiger partial charge in [0, 0.05) is 16.0 Å². The number of rotatable bonds is 7. The second kappa shape index (κ2) is 9.28. The Bertz CT molecular complexity index is 1030. The van der Waals surface area contributed by atoms with Gasteiger partial charge in [-0.25, -0.2) is 0 Å². The van der Waals surface area contributed by atoms with Gasteiger partial charge in [-0.2, -0.15) is 0 Å². The summed E-state index contributed by atoms with van der Waals surface area (Å²) in [5, 5.41) is 21.6. The standard InChI is InChI=1S/C26H29Cl2NO4/c1-15(30)23(16-6-7-16)29-24(17-8-10-19(27)11-9-17)21(18-4-3-5-20(28)12-18)13-26(2,25(29)33)14-22(31)32/h3-5,8-12,15-16,21,23-24,30H,6-7,13-14H2,1-2H3,(H,31,32)/t15-,21-,23-,24-,26-/m0/s1. The van der Waals surface area contributed by atoms with E-state index in [9.17, 15) is 19.8 Å². The number of carbonyl (C=O) groups excluding carboxylic acids is 1. The van der Waals surface area contributed by atoms with Gasteiger partial charge in [-0.05, 0) is 67.5 Å². The number of aliphatic carboxylic acids is 1. The van der Waals surface area contributed by atoms with Crippen molar-refractivity contribution in [1.82, 2.24) is 4.90 Å².